The smallest absolute Gasteiger partial charge is 0.226 e. The van der Waals surface area contributed by atoms with Crippen LogP contribution in [-0.4, -0.2) is 23.7 Å². The minimum atomic E-state index is -0.110. The number of aliphatic hydroxyl groups excluding tert-OH is 1. The highest BCUT2D eigenvalue weighted by Crippen LogP contribution is 2.60. The first-order valence-electron chi connectivity index (χ1n) is 8.09. The van der Waals surface area contributed by atoms with Gasteiger partial charge in [-0.05, 0) is 75.0 Å². The molecule has 0 aromatic rings. The Morgan fingerprint density at radius 3 is 2.00 bits per heavy atom. The lowest BCUT2D eigenvalue weighted by Gasteiger charge is -2.55. The highest BCUT2D eigenvalue weighted by molar-refractivity contribution is 5.83. The van der Waals surface area contributed by atoms with Crippen molar-refractivity contribution in [3.05, 3.63) is 0 Å². The fourth-order valence-corrected chi connectivity index (χ4v) is 5.68. The summed E-state index contributed by atoms with van der Waals surface area (Å²) in [4.78, 5) is 12.6. The van der Waals surface area contributed by atoms with E-state index < -0.39 is 0 Å². The molecule has 0 atom stereocenters. The van der Waals surface area contributed by atoms with Gasteiger partial charge in [0.05, 0.1) is 6.10 Å². The number of carbonyl (C=O) groups excluding carboxylic acids is 1. The van der Waals surface area contributed by atoms with Gasteiger partial charge >= 0.3 is 0 Å². The van der Waals surface area contributed by atoms with E-state index in [1.54, 1.807) is 0 Å². The Morgan fingerprint density at radius 1 is 1.00 bits per heavy atom. The molecule has 5 aliphatic rings. The maximum Gasteiger partial charge on any atom is 0.226 e. The van der Waals surface area contributed by atoms with Crippen LogP contribution in [0.3, 0.4) is 0 Å². The van der Waals surface area contributed by atoms with E-state index in [4.69, 9.17) is 0 Å². The van der Waals surface area contributed by atoms with Crippen LogP contribution in [0.2, 0.25) is 0 Å². The Kier molecular flexibility index (Phi) is 2.70. The highest BCUT2D eigenvalue weighted by atomic mass is 16.3. The molecule has 19 heavy (non-hydrogen) atoms. The number of amides is 1. The zero-order valence-corrected chi connectivity index (χ0v) is 11.6. The Balaban J connectivity index is 1.39. The zero-order valence-electron chi connectivity index (χ0n) is 11.6. The van der Waals surface area contributed by atoms with Crippen LogP contribution < -0.4 is 5.32 Å². The van der Waals surface area contributed by atoms with Gasteiger partial charge in [0.25, 0.3) is 0 Å². The fourth-order valence-electron chi connectivity index (χ4n) is 5.68. The molecule has 0 saturated heterocycles. The predicted octanol–water partition coefficient (Wildman–Crippen LogP) is 2.09. The maximum atomic E-state index is 12.6. The molecule has 0 radical (unpaired) electrons. The molecular formula is C16H25NO2. The molecule has 106 valence electrons. The number of nitrogens with one attached hydrogen (secondary N) is 1. The van der Waals surface area contributed by atoms with Crippen LogP contribution >= 0.6 is 0 Å². The summed E-state index contributed by atoms with van der Waals surface area (Å²) in [6.45, 7) is 0.789. The first-order valence-corrected chi connectivity index (χ1v) is 8.09. The quantitative estimate of drug-likeness (QED) is 0.819. The van der Waals surface area contributed by atoms with Gasteiger partial charge in [0, 0.05) is 12.0 Å². The van der Waals surface area contributed by atoms with Gasteiger partial charge in [0.2, 0.25) is 5.91 Å². The van der Waals surface area contributed by atoms with Crippen LogP contribution in [0.4, 0.5) is 0 Å². The molecule has 5 rings (SSSR count). The minimum Gasteiger partial charge on any atom is -0.393 e. The van der Waals surface area contributed by atoms with Crippen molar-refractivity contribution in [2.45, 2.75) is 57.5 Å². The SMILES string of the molecule is O=C(NCC1CC(O)C1)C12CC3CC(CC(C3)C1)C2. The lowest BCUT2D eigenvalue weighted by molar-refractivity contribution is -0.146. The summed E-state index contributed by atoms with van der Waals surface area (Å²) in [6, 6.07) is 0. The van der Waals surface area contributed by atoms with E-state index in [-0.39, 0.29) is 11.5 Å². The van der Waals surface area contributed by atoms with Crippen LogP contribution in [0.15, 0.2) is 0 Å². The topological polar surface area (TPSA) is 49.3 Å². The van der Waals surface area contributed by atoms with Crippen LogP contribution in [0.1, 0.15) is 51.4 Å². The third-order valence-corrected chi connectivity index (χ3v) is 6.28. The van der Waals surface area contributed by atoms with E-state index >= 15 is 0 Å². The second kappa shape index (κ2) is 4.21. The summed E-state index contributed by atoms with van der Waals surface area (Å²) < 4.78 is 0. The Labute approximate surface area is 115 Å². The summed E-state index contributed by atoms with van der Waals surface area (Å²) in [5.41, 5.74) is -0.00286. The maximum absolute atomic E-state index is 12.6. The van der Waals surface area contributed by atoms with Crippen molar-refractivity contribution in [3.63, 3.8) is 0 Å². The summed E-state index contributed by atoms with van der Waals surface area (Å²) in [7, 11) is 0. The minimum absolute atomic E-state index is 0.00286. The number of rotatable bonds is 3. The molecule has 3 nitrogen and oxygen atoms in total. The van der Waals surface area contributed by atoms with Gasteiger partial charge in [-0.15, -0.1) is 0 Å². The zero-order chi connectivity index (χ0) is 13.0. The van der Waals surface area contributed by atoms with Crippen molar-refractivity contribution >= 4 is 5.91 Å². The molecule has 0 aromatic carbocycles. The van der Waals surface area contributed by atoms with E-state index in [9.17, 15) is 9.90 Å². The lowest BCUT2D eigenvalue weighted by atomic mass is 9.49. The van der Waals surface area contributed by atoms with Crippen LogP contribution in [0.5, 0.6) is 0 Å². The lowest BCUT2D eigenvalue weighted by Crippen LogP contribution is -2.54. The number of hydrogen-bond acceptors (Lipinski definition) is 2. The second-order valence-electron chi connectivity index (χ2n) is 7.90. The van der Waals surface area contributed by atoms with Crippen molar-refractivity contribution in [2.24, 2.45) is 29.1 Å². The van der Waals surface area contributed by atoms with Crippen LogP contribution in [0, 0.1) is 29.1 Å². The molecule has 0 aromatic heterocycles. The Bertz CT molecular complexity index is 351. The number of hydrogen-bond donors (Lipinski definition) is 2. The second-order valence-corrected chi connectivity index (χ2v) is 7.90. The molecule has 0 spiro atoms. The van der Waals surface area contributed by atoms with Gasteiger partial charge in [-0.3, -0.25) is 4.79 Å². The average molecular weight is 263 g/mol. The van der Waals surface area contributed by atoms with Crippen LogP contribution in [0.25, 0.3) is 0 Å². The monoisotopic (exact) mass is 263 g/mol. The van der Waals surface area contributed by atoms with E-state index in [1.165, 1.54) is 19.3 Å². The number of aliphatic hydroxyl groups is 1. The van der Waals surface area contributed by atoms with Gasteiger partial charge in [0.15, 0.2) is 0 Å². The van der Waals surface area contributed by atoms with Gasteiger partial charge in [-0.1, -0.05) is 0 Å². The molecule has 0 unspecified atom stereocenters. The van der Waals surface area contributed by atoms with Crippen molar-refractivity contribution in [2.75, 3.05) is 6.54 Å². The van der Waals surface area contributed by atoms with Gasteiger partial charge < -0.3 is 10.4 Å². The molecule has 2 N–H and O–H groups in total. The standard InChI is InChI=1S/C16H25NO2/c18-14-4-13(5-14)9-17-15(19)16-6-10-1-11(7-16)3-12(2-10)8-16/h10-14,18H,1-9H2,(H,17,19). The van der Waals surface area contributed by atoms with E-state index in [1.807, 2.05) is 0 Å². The molecule has 5 fully saturated rings. The molecule has 1 amide bonds. The third-order valence-electron chi connectivity index (χ3n) is 6.28. The Morgan fingerprint density at radius 2 is 1.53 bits per heavy atom. The van der Waals surface area contributed by atoms with Gasteiger partial charge in [0.1, 0.15) is 0 Å². The largest absolute Gasteiger partial charge is 0.393 e. The highest BCUT2D eigenvalue weighted by Gasteiger charge is 2.54. The van der Waals surface area contributed by atoms with Crippen molar-refractivity contribution in [1.82, 2.24) is 5.32 Å². The van der Waals surface area contributed by atoms with Crippen molar-refractivity contribution in [3.8, 4) is 0 Å². The molecule has 3 heteroatoms. The number of carbonyl (C=O) groups is 1. The van der Waals surface area contributed by atoms with Gasteiger partial charge in [-0.25, -0.2) is 0 Å². The summed E-state index contributed by atoms with van der Waals surface area (Å²) in [5.74, 6) is 3.37. The van der Waals surface area contributed by atoms with E-state index in [2.05, 4.69) is 5.32 Å². The first-order chi connectivity index (χ1) is 9.13. The van der Waals surface area contributed by atoms with Crippen molar-refractivity contribution < 1.29 is 9.90 Å². The third kappa shape index (κ3) is 2.01. The summed E-state index contributed by atoms with van der Waals surface area (Å²) in [6.07, 6.45) is 9.27. The molecular weight excluding hydrogens is 238 g/mol. The summed E-state index contributed by atoms with van der Waals surface area (Å²) >= 11 is 0. The van der Waals surface area contributed by atoms with Crippen LogP contribution in [-0.2, 0) is 4.79 Å². The molecule has 5 aliphatic carbocycles. The normalized spacial score (nSPS) is 50.9. The predicted molar refractivity (Wildman–Crippen MR) is 72.3 cm³/mol. The molecule has 4 bridgehead atoms. The van der Waals surface area contributed by atoms with Gasteiger partial charge in [-0.2, -0.15) is 0 Å². The first kappa shape index (κ1) is 12.2. The molecule has 0 heterocycles. The summed E-state index contributed by atoms with van der Waals surface area (Å²) in [5, 5.41) is 12.5. The van der Waals surface area contributed by atoms with Crippen molar-refractivity contribution in [1.29, 1.82) is 0 Å². The van der Waals surface area contributed by atoms with E-state index in [0.717, 1.165) is 56.4 Å². The molecule has 0 aliphatic heterocycles. The van der Waals surface area contributed by atoms with E-state index in [0.29, 0.717) is 11.8 Å². The average Bonchev–Trinajstić information content (AvgIpc) is 2.31. The fraction of sp³-hybridized carbons (Fsp3) is 0.938. The molecule has 5 saturated carbocycles. The Hall–Kier alpha value is -0.570.